The van der Waals surface area contributed by atoms with Crippen molar-refractivity contribution in [3.63, 3.8) is 0 Å². The molecule has 2 aromatic carbocycles. The number of fused-ring (bicyclic) bond motifs is 1. The van der Waals surface area contributed by atoms with E-state index in [1.807, 2.05) is 21.9 Å². The first-order valence-electron chi connectivity index (χ1n) is 13.3. The zero-order valence-electron chi connectivity index (χ0n) is 21.7. The minimum atomic E-state index is -1.17. The van der Waals surface area contributed by atoms with Crippen molar-refractivity contribution in [3.8, 4) is 11.5 Å². The number of unbranched alkanes of at least 4 members (excludes halogenated alkanes) is 2. The largest absolute Gasteiger partial charge is 0.486 e. The summed E-state index contributed by atoms with van der Waals surface area (Å²) < 4.78 is 25.5. The summed E-state index contributed by atoms with van der Waals surface area (Å²) in [6, 6.07) is 11.4. The van der Waals surface area contributed by atoms with Crippen molar-refractivity contribution < 1.29 is 28.6 Å². The van der Waals surface area contributed by atoms with E-state index in [1.165, 1.54) is 12.1 Å². The van der Waals surface area contributed by atoms with Crippen molar-refractivity contribution >= 4 is 11.9 Å². The van der Waals surface area contributed by atoms with E-state index in [-0.39, 0.29) is 12.5 Å². The number of carboxylic acids is 1. The fourth-order valence-corrected chi connectivity index (χ4v) is 5.64. The number of nitrogens with zero attached hydrogens (tertiary/aromatic N) is 2. The van der Waals surface area contributed by atoms with Gasteiger partial charge in [-0.1, -0.05) is 44.9 Å². The lowest BCUT2D eigenvalue weighted by Crippen LogP contribution is -2.52. The van der Waals surface area contributed by atoms with Gasteiger partial charge in [-0.05, 0) is 54.7 Å². The molecule has 37 heavy (non-hydrogen) atoms. The predicted octanol–water partition coefficient (Wildman–Crippen LogP) is 4.68. The van der Waals surface area contributed by atoms with E-state index in [1.54, 1.807) is 18.2 Å². The van der Waals surface area contributed by atoms with Crippen LogP contribution in [0, 0.1) is 11.7 Å². The summed E-state index contributed by atoms with van der Waals surface area (Å²) >= 11 is 0. The van der Waals surface area contributed by atoms with E-state index in [2.05, 4.69) is 13.8 Å². The van der Waals surface area contributed by atoms with Gasteiger partial charge in [0, 0.05) is 19.6 Å². The van der Waals surface area contributed by atoms with E-state index in [0.29, 0.717) is 61.9 Å². The van der Waals surface area contributed by atoms with Crippen LogP contribution < -0.4 is 9.47 Å². The Balaban J connectivity index is 1.81. The fraction of sp³-hybridized carbons (Fsp3) is 0.517. The molecule has 2 aliphatic heterocycles. The maximum Gasteiger partial charge on any atom is 0.309 e. The highest BCUT2D eigenvalue weighted by Crippen LogP contribution is 2.50. The molecule has 1 N–H and O–H groups in total. The van der Waals surface area contributed by atoms with Crippen molar-refractivity contribution in [1.29, 1.82) is 0 Å². The third-order valence-corrected chi connectivity index (χ3v) is 7.50. The summed E-state index contributed by atoms with van der Waals surface area (Å²) in [7, 11) is 0. The molecular formula is C29H37FN2O5. The van der Waals surface area contributed by atoms with Crippen LogP contribution in [0.25, 0.3) is 0 Å². The van der Waals surface area contributed by atoms with E-state index in [0.717, 1.165) is 25.7 Å². The second-order valence-electron chi connectivity index (χ2n) is 9.82. The first-order valence-corrected chi connectivity index (χ1v) is 13.3. The summed E-state index contributed by atoms with van der Waals surface area (Å²) in [5.41, 5.74) is 0.151. The highest BCUT2D eigenvalue weighted by Gasteiger charge is 2.55. The van der Waals surface area contributed by atoms with Crippen molar-refractivity contribution in [1.82, 2.24) is 9.80 Å². The second kappa shape index (κ2) is 11.9. The van der Waals surface area contributed by atoms with Crippen LogP contribution in [0.4, 0.5) is 4.39 Å². The molecule has 2 aliphatic rings. The zero-order valence-corrected chi connectivity index (χ0v) is 21.7. The van der Waals surface area contributed by atoms with Crippen molar-refractivity contribution in [2.45, 2.75) is 51.5 Å². The zero-order chi connectivity index (χ0) is 26.4. The highest BCUT2D eigenvalue weighted by atomic mass is 19.1. The van der Waals surface area contributed by atoms with Gasteiger partial charge in [0.05, 0.1) is 18.0 Å². The number of amides is 1. The number of carbonyl (C=O) groups excluding carboxylic acids is 1. The Morgan fingerprint density at radius 2 is 1.62 bits per heavy atom. The third kappa shape index (κ3) is 5.44. The number of carboxylic acid groups (broad SMARTS) is 1. The van der Waals surface area contributed by atoms with Gasteiger partial charge >= 0.3 is 5.97 Å². The molecule has 1 fully saturated rings. The first kappa shape index (κ1) is 26.9. The summed E-state index contributed by atoms with van der Waals surface area (Å²) in [4.78, 5) is 30.2. The summed E-state index contributed by atoms with van der Waals surface area (Å²) in [6.07, 6.45) is 4.16. The number of hydrogen-bond acceptors (Lipinski definition) is 5. The summed E-state index contributed by atoms with van der Waals surface area (Å²) in [5, 5.41) is 10.4. The van der Waals surface area contributed by atoms with Gasteiger partial charge in [-0.3, -0.25) is 14.5 Å². The van der Waals surface area contributed by atoms with Crippen LogP contribution in [0.1, 0.15) is 57.1 Å². The molecule has 4 rings (SSSR count). The van der Waals surface area contributed by atoms with Crippen LogP contribution in [0.3, 0.4) is 0 Å². The van der Waals surface area contributed by atoms with Crippen LogP contribution in [-0.4, -0.2) is 66.2 Å². The maximum absolute atomic E-state index is 14.0. The molecule has 8 heteroatoms. The molecule has 0 bridgehead atoms. The van der Waals surface area contributed by atoms with E-state index < -0.39 is 23.2 Å². The molecule has 7 nitrogen and oxygen atoms in total. The lowest BCUT2D eigenvalue weighted by molar-refractivity contribution is -0.145. The number of carbonyl (C=O) groups is 2. The molecule has 0 aromatic heterocycles. The van der Waals surface area contributed by atoms with Gasteiger partial charge in [-0.25, -0.2) is 4.39 Å². The van der Waals surface area contributed by atoms with Gasteiger partial charge < -0.3 is 19.5 Å². The smallest absolute Gasteiger partial charge is 0.309 e. The number of halogens is 1. The molecule has 0 saturated carbocycles. The molecule has 200 valence electrons. The third-order valence-electron chi connectivity index (χ3n) is 7.50. The maximum atomic E-state index is 14.0. The summed E-state index contributed by atoms with van der Waals surface area (Å²) in [5.74, 6) is -1.07. The summed E-state index contributed by atoms with van der Waals surface area (Å²) in [6.45, 7) is 6.89. The molecule has 0 spiro atoms. The van der Waals surface area contributed by atoms with E-state index >= 15 is 0 Å². The Morgan fingerprint density at radius 3 is 2.24 bits per heavy atom. The molecule has 1 saturated heterocycles. The van der Waals surface area contributed by atoms with Gasteiger partial charge in [-0.15, -0.1) is 0 Å². The molecule has 1 amide bonds. The Morgan fingerprint density at radius 1 is 1.00 bits per heavy atom. The van der Waals surface area contributed by atoms with Crippen LogP contribution in [0.2, 0.25) is 0 Å². The second-order valence-corrected chi connectivity index (χ2v) is 9.82. The number of hydrogen-bond donors (Lipinski definition) is 1. The van der Waals surface area contributed by atoms with Crippen LogP contribution in [0.15, 0.2) is 42.5 Å². The normalized spacial score (nSPS) is 21.1. The van der Waals surface area contributed by atoms with E-state index in [4.69, 9.17) is 9.47 Å². The fourth-order valence-electron chi connectivity index (χ4n) is 5.64. The van der Waals surface area contributed by atoms with Crippen molar-refractivity contribution in [2.24, 2.45) is 5.92 Å². The molecular weight excluding hydrogens is 475 g/mol. The molecule has 2 atom stereocenters. The van der Waals surface area contributed by atoms with Gasteiger partial charge in [0.2, 0.25) is 5.91 Å². The Labute approximate surface area is 218 Å². The van der Waals surface area contributed by atoms with Gasteiger partial charge in [0.1, 0.15) is 19.0 Å². The molecule has 2 aromatic rings. The van der Waals surface area contributed by atoms with Gasteiger partial charge in [0.25, 0.3) is 0 Å². The monoisotopic (exact) mass is 512 g/mol. The van der Waals surface area contributed by atoms with Crippen LogP contribution >= 0.6 is 0 Å². The van der Waals surface area contributed by atoms with Crippen LogP contribution in [0.5, 0.6) is 11.5 Å². The number of rotatable bonds is 11. The highest BCUT2D eigenvalue weighted by molar-refractivity contribution is 5.80. The van der Waals surface area contributed by atoms with Crippen molar-refractivity contribution in [2.75, 3.05) is 39.4 Å². The average Bonchev–Trinajstić information content (AvgIpc) is 3.28. The molecule has 0 aliphatic carbocycles. The quantitative estimate of drug-likeness (QED) is 0.471. The predicted molar refractivity (Wildman–Crippen MR) is 138 cm³/mol. The number of aliphatic carboxylic acids is 1. The molecule has 2 heterocycles. The standard InChI is InChI=1S/C29H37FN2O5/c1-3-5-14-31(15-6-4-2)27(33)20-32-16-13-24(28(34)35)29(32,21-7-10-23(30)11-8-21)22-9-12-25-26(19-22)37-18-17-36-25/h7-12,19,24H,3-6,13-18,20H2,1-2H3,(H,34,35). The first-order chi connectivity index (χ1) is 17.9. The molecule has 0 radical (unpaired) electrons. The Kier molecular flexibility index (Phi) is 8.69. The number of benzene rings is 2. The topological polar surface area (TPSA) is 79.3 Å². The Hall–Kier alpha value is -3.13. The van der Waals surface area contributed by atoms with Crippen LogP contribution in [-0.2, 0) is 15.1 Å². The minimum Gasteiger partial charge on any atom is -0.486 e. The molecule has 2 unspecified atom stereocenters. The SMILES string of the molecule is CCCCN(CCCC)C(=O)CN1CCC(C(=O)O)C1(c1ccc(F)cc1)c1ccc2c(c1)OCCO2. The van der Waals surface area contributed by atoms with Gasteiger partial charge in [0.15, 0.2) is 11.5 Å². The lowest BCUT2D eigenvalue weighted by atomic mass is 9.73. The lowest BCUT2D eigenvalue weighted by Gasteiger charge is -2.43. The average molecular weight is 513 g/mol. The number of ether oxygens (including phenoxy) is 2. The Bertz CT molecular complexity index is 1080. The minimum absolute atomic E-state index is 0.0167. The van der Waals surface area contributed by atoms with Crippen molar-refractivity contribution in [3.05, 3.63) is 59.4 Å². The number of likely N-dealkylation sites (tertiary alicyclic amines) is 1. The van der Waals surface area contributed by atoms with Gasteiger partial charge in [-0.2, -0.15) is 0 Å². The van der Waals surface area contributed by atoms with E-state index in [9.17, 15) is 19.1 Å².